The summed E-state index contributed by atoms with van der Waals surface area (Å²) >= 11 is 0. The molecule has 2 aromatic heterocycles. The first-order valence-corrected chi connectivity index (χ1v) is 10.3. The Bertz CT molecular complexity index is 927. The van der Waals surface area contributed by atoms with Crippen LogP contribution in [0.1, 0.15) is 58.8 Å². The normalized spacial score (nSPS) is 21.7. The van der Waals surface area contributed by atoms with Crippen LogP contribution in [0.15, 0.2) is 39.8 Å². The summed E-state index contributed by atoms with van der Waals surface area (Å²) in [5, 5.41) is 14.3. The number of carbonyl (C=O) groups is 1. The Hall–Kier alpha value is -2.51. The van der Waals surface area contributed by atoms with Crippen LogP contribution < -0.4 is 10.9 Å². The quantitative estimate of drug-likeness (QED) is 0.822. The van der Waals surface area contributed by atoms with Crippen molar-refractivity contribution < 1.29 is 14.3 Å². The Balaban J connectivity index is 1.50. The molecule has 4 rings (SSSR count). The number of aryl methyl sites for hydroxylation is 1. The number of nitrogens with one attached hydrogen (secondary N) is 1. The number of nitrogens with zero attached hydrogens (tertiary/aromatic N) is 2. The van der Waals surface area contributed by atoms with Gasteiger partial charge in [-0.05, 0) is 56.8 Å². The minimum atomic E-state index is -0.997. The van der Waals surface area contributed by atoms with Crippen molar-refractivity contribution in [3.8, 4) is 0 Å². The summed E-state index contributed by atoms with van der Waals surface area (Å²) in [4.78, 5) is 31.4. The molecule has 2 fully saturated rings. The number of aromatic nitrogens is 1. The molecule has 0 saturated carbocycles. The molecule has 1 unspecified atom stereocenters. The highest BCUT2D eigenvalue weighted by molar-refractivity contribution is 5.95. The summed E-state index contributed by atoms with van der Waals surface area (Å²) < 4.78 is 5.55. The minimum Gasteiger partial charge on any atom is -0.427 e. The maximum atomic E-state index is 13.0. The van der Waals surface area contributed by atoms with Crippen molar-refractivity contribution in [2.75, 3.05) is 26.2 Å². The van der Waals surface area contributed by atoms with Crippen LogP contribution in [0.5, 0.6) is 0 Å². The molecule has 0 radical (unpaired) electrons. The van der Waals surface area contributed by atoms with Gasteiger partial charge < -0.3 is 19.7 Å². The van der Waals surface area contributed by atoms with E-state index in [1.165, 1.54) is 0 Å². The monoisotopic (exact) mass is 397 g/mol. The summed E-state index contributed by atoms with van der Waals surface area (Å²) in [6, 6.07) is 5.48. The fourth-order valence-corrected chi connectivity index (χ4v) is 4.35. The summed E-state index contributed by atoms with van der Waals surface area (Å²) in [7, 11) is 0. The number of rotatable bonds is 3. The Morgan fingerprint density at radius 3 is 2.79 bits per heavy atom. The smallest absolute Gasteiger partial charge is 0.349 e. The number of aliphatic hydroxyl groups is 1. The predicted octanol–water partition coefficient (Wildman–Crippen LogP) is 1.93. The van der Waals surface area contributed by atoms with Crippen molar-refractivity contribution in [3.05, 3.63) is 63.5 Å². The van der Waals surface area contributed by atoms with Gasteiger partial charge in [-0.15, -0.1) is 0 Å². The number of pyridine rings is 1. The third-order valence-corrected chi connectivity index (χ3v) is 6.16. The lowest BCUT2D eigenvalue weighted by atomic mass is 9.85. The van der Waals surface area contributed by atoms with Crippen molar-refractivity contribution in [1.82, 2.24) is 15.2 Å². The first-order chi connectivity index (χ1) is 14.0. The molecule has 1 amide bonds. The van der Waals surface area contributed by atoms with E-state index >= 15 is 0 Å². The molecule has 0 aromatic carbocycles. The lowest BCUT2D eigenvalue weighted by molar-refractivity contribution is -0.0214. The number of amides is 1. The van der Waals surface area contributed by atoms with E-state index in [0.717, 1.165) is 31.5 Å². The summed E-state index contributed by atoms with van der Waals surface area (Å²) in [5.74, 6) is 0.502. The highest BCUT2D eigenvalue weighted by atomic mass is 16.4. The van der Waals surface area contributed by atoms with Gasteiger partial charge in [0.25, 0.3) is 5.91 Å². The van der Waals surface area contributed by atoms with Crippen LogP contribution in [-0.4, -0.2) is 47.1 Å². The van der Waals surface area contributed by atoms with Crippen molar-refractivity contribution in [1.29, 1.82) is 0 Å². The molecule has 0 aliphatic carbocycles. The van der Waals surface area contributed by atoms with Crippen LogP contribution in [0.4, 0.5) is 0 Å². The van der Waals surface area contributed by atoms with Crippen LogP contribution in [-0.2, 0) is 5.60 Å². The standard InChI is InChI=1S/C22H27N3O4/c1-15-12-18(16-4-2-8-23-13-16)29-21(27)19(15)20(26)25-10-6-22(28,7-11-25)17-5-3-9-24-14-17/h3,5,9,12,14,16,23,28H,2,4,6-8,10-11,13H2,1H3. The van der Waals surface area contributed by atoms with Crippen LogP contribution in [0.2, 0.25) is 0 Å². The molecule has 2 aliphatic rings. The van der Waals surface area contributed by atoms with Crippen molar-refractivity contribution in [3.63, 3.8) is 0 Å². The molecular formula is C22H27N3O4. The van der Waals surface area contributed by atoms with Gasteiger partial charge in [0, 0.05) is 43.5 Å². The van der Waals surface area contributed by atoms with Gasteiger partial charge in [-0.3, -0.25) is 9.78 Å². The van der Waals surface area contributed by atoms with E-state index in [2.05, 4.69) is 10.3 Å². The summed E-state index contributed by atoms with van der Waals surface area (Å²) in [6.07, 6.45) is 6.15. The molecule has 0 spiro atoms. The summed E-state index contributed by atoms with van der Waals surface area (Å²) in [6.45, 7) is 4.31. The van der Waals surface area contributed by atoms with Crippen LogP contribution >= 0.6 is 0 Å². The van der Waals surface area contributed by atoms with E-state index in [1.807, 2.05) is 12.1 Å². The molecule has 1 atom stereocenters. The van der Waals surface area contributed by atoms with Gasteiger partial charge in [-0.25, -0.2) is 4.79 Å². The zero-order chi connectivity index (χ0) is 20.4. The van der Waals surface area contributed by atoms with Crippen molar-refractivity contribution in [2.24, 2.45) is 0 Å². The van der Waals surface area contributed by atoms with Gasteiger partial charge in [-0.2, -0.15) is 0 Å². The van der Waals surface area contributed by atoms with E-state index in [0.29, 0.717) is 37.3 Å². The fourth-order valence-electron chi connectivity index (χ4n) is 4.35. The Kier molecular flexibility index (Phi) is 5.52. The van der Waals surface area contributed by atoms with Crippen LogP contribution in [0.3, 0.4) is 0 Å². The lowest BCUT2D eigenvalue weighted by Crippen LogP contribution is -2.46. The third-order valence-electron chi connectivity index (χ3n) is 6.16. The number of hydrogen-bond donors (Lipinski definition) is 2. The van der Waals surface area contributed by atoms with Gasteiger partial charge in [0.1, 0.15) is 11.3 Å². The Labute approximate surface area is 169 Å². The molecule has 154 valence electrons. The number of piperidine rings is 2. The first kappa shape index (κ1) is 19.8. The second kappa shape index (κ2) is 8.08. The van der Waals surface area contributed by atoms with E-state index in [4.69, 9.17) is 4.42 Å². The van der Waals surface area contributed by atoms with E-state index in [1.54, 1.807) is 30.3 Å². The van der Waals surface area contributed by atoms with Gasteiger partial charge in [0.15, 0.2) is 0 Å². The van der Waals surface area contributed by atoms with Gasteiger partial charge in [0.2, 0.25) is 0 Å². The minimum absolute atomic E-state index is 0.101. The second-order valence-electron chi connectivity index (χ2n) is 8.10. The van der Waals surface area contributed by atoms with Gasteiger partial charge >= 0.3 is 5.63 Å². The second-order valence-corrected chi connectivity index (χ2v) is 8.10. The molecule has 2 saturated heterocycles. The Morgan fingerprint density at radius 2 is 2.17 bits per heavy atom. The average molecular weight is 397 g/mol. The van der Waals surface area contributed by atoms with Gasteiger partial charge in [-0.1, -0.05) is 6.07 Å². The molecular weight excluding hydrogens is 370 g/mol. The van der Waals surface area contributed by atoms with E-state index < -0.39 is 11.2 Å². The molecule has 7 heteroatoms. The maximum Gasteiger partial charge on any atom is 0.349 e. The van der Waals surface area contributed by atoms with E-state index in [9.17, 15) is 14.7 Å². The number of hydrogen-bond acceptors (Lipinski definition) is 6. The van der Waals surface area contributed by atoms with Crippen LogP contribution in [0, 0.1) is 6.92 Å². The average Bonchev–Trinajstić information content (AvgIpc) is 2.75. The topological polar surface area (TPSA) is 95.7 Å². The summed E-state index contributed by atoms with van der Waals surface area (Å²) in [5.41, 5.74) is -0.0519. The van der Waals surface area contributed by atoms with Gasteiger partial charge in [0.05, 0.1) is 5.60 Å². The third kappa shape index (κ3) is 3.97. The maximum absolute atomic E-state index is 13.0. The molecule has 7 nitrogen and oxygen atoms in total. The predicted molar refractivity (Wildman–Crippen MR) is 108 cm³/mol. The lowest BCUT2D eigenvalue weighted by Gasteiger charge is -2.38. The molecule has 2 aliphatic heterocycles. The van der Waals surface area contributed by atoms with Crippen molar-refractivity contribution in [2.45, 2.75) is 44.1 Å². The highest BCUT2D eigenvalue weighted by Crippen LogP contribution is 2.33. The number of likely N-dealkylation sites (tertiary alicyclic amines) is 1. The molecule has 0 bridgehead atoms. The zero-order valence-electron chi connectivity index (χ0n) is 16.7. The molecule has 2 aromatic rings. The van der Waals surface area contributed by atoms with Crippen molar-refractivity contribution >= 4 is 5.91 Å². The zero-order valence-corrected chi connectivity index (χ0v) is 16.7. The molecule has 29 heavy (non-hydrogen) atoms. The largest absolute Gasteiger partial charge is 0.427 e. The fraction of sp³-hybridized carbons (Fsp3) is 0.500. The SMILES string of the molecule is Cc1cc(C2CCCNC2)oc(=O)c1C(=O)N1CCC(O)(c2cccnc2)CC1. The van der Waals surface area contributed by atoms with Crippen LogP contribution in [0.25, 0.3) is 0 Å². The first-order valence-electron chi connectivity index (χ1n) is 10.3. The highest BCUT2D eigenvalue weighted by Gasteiger charge is 2.37. The molecule has 2 N–H and O–H groups in total. The Morgan fingerprint density at radius 1 is 1.38 bits per heavy atom. The van der Waals surface area contributed by atoms with E-state index in [-0.39, 0.29) is 17.4 Å². The molecule has 4 heterocycles. The number of carbonyl (C=O) groups excluding carboxylic acids is 1.